The van der Waals surface area contributed by atoms with Gasteiger partial charge in [-0.1, -0.05) is 0 Å². The maximum absolute atomic E-state index is 15.4. The van der Waals surface area contributed by atoms with Crippen molar-refractivity contribution in [1.29, 1.82) is 0 Å². The number of carbonyl (C=O) groups is 4. The van der Waals surface area contributed by atoms with E-state index < -0.39 is 17.6 Å². The van der Waals surface area contributed by atoms with Crippen molar-refractivity contribution in [3.63, 3.8) is 0 Å². The Bertz CT molecular complexity index is 1670. The van der Waals surface area contributed by atoms with Gasteiger partial charge in [-0.3, -0.25) is 14.4 Å². The largest absolute Gasteiger partial charge is 0.496 e. The number of aliphatic carboxylic acids is 1. The Kier molecular flexibility index (Phi) is 13.2. The predicted molar refractivity (Wildman–Crippen MR) is 170 cm³/mol. The van der Waals surface area contributed by atoms with E-state index in [0.29, 0.717) is 41.1 Å². The minimum absolute atomic E-state index is 0.0268. The van der Waals surface area contributed by atoms with Gasteiger partial charge in [0.1, 0.15) is 17.6 Å². The van der Waals surface area contributed by atoms with Crippen LogP contribution < -0.4 is 14.2 Å². The fourth-order valence-electron chi connectivity index (χ4n) is 4.45. The number of aryl methyl sites for hydroxylation is 1. The van der Waals surface area contributed by atoms with Gasteiger partial charge >= 0.3 is 5.97 Å². The van der Waals surface area contributed by atoms with E-state index in [-0.39, 0.29) is 53.8 Å². The zero-order chi connectivity index (χ0) is 33.1. The smallest absolute Gasteiger partial charge is 0.303 e. The number of thiophene rings is 1. The van der Waals surface area contributed by atoms with Crippen molar-refractivity contribution in [3.8, 4) is 17.2 Å². The Morgan fingerprint density at radius 2 is 1.71 bits per heavy atom. The molecule has 4 aromatic rings. The van der Waals surface area contributed by atoms with Gasteiger partial charge in [0.25, 0.3) is 5.91 Å². The number of aldehydes is 1. The van der Waals surface area contributed by atoms with E-state index in [0.717, 1.165) is 40.4 Å². The van der Waals surface area contributed by atoms with E-state index in [4.69, 9.17) is 24.4 Å². The van der Waals surface area contributed by atoms with Gasteiger partial charge in [0.2, 0.25) is 0 Å². The molecular weight excluding hydrogens is 627 g/mol. The fraction of sp³-hybridized carbons (Fsp3) is 0.387. The Hall–Kier alpha value is -4.14. The number of carboxylic acid groups (broad SMARTS) is 1. The first kappa shape index (κ1) is 35.3. The van der Waals surface area contributed by atoms with Crippen molar-refractivity contribution in [2.45, 2.75) is 38.5 Å². The zero-order valence-electron chi connectivity index (χ0n) is 25.4. The summed E-state index contributed by atoms with van der Waals surface area (Å²) in [5, 5.41) is 16.8. The van der Waals surface area contributed by atoms with Crippen LogP contribution in [0.2, 0.25) is 0 Å². The van der Waals surface area contributed by atoms with E-state index in [2.05, 4.69) is 4.98 Å². The number of benzene rings is 2. The van der Waals surface area contributed by atoms with Crippen molar-refractivity contribution in [2.75, 3.05) is 41.5 Å². The third-order valence-corrected chi connectivity index (χ3v) is 8.85. The molecule has 14 heteroatoms. The molecule has 0 aliphatic heterocycles. The predicted octanol–water partition coefficient (Wildman–Crippen LogP) is 5.39. The van der Waals surface area contributed by atoms with Crippen LogP contribution in [0.1, 0.15) is 57.1 Å². The molecular formula is C31H35FN2O9S2. The highest BCUT2D eigenvalue weighted by molar-refractivity contribution is 7.21. The number of rotatable bonds is 16. The van der Waals surface area contributed by atoms with E-state index in [9.17, 15) is 19.2 Å². The van der Waals surface area contributed by atoms with Crippen LogP contribution in [0.3, 0.4) is 0 Å². The molecule has 1 amide bonds. The molecule has 0 aliphatic rings. The summed E-state index contributed by atoms with van der Waals surface area (Å²) in [5.74, 6) is -1.66. The third-order valence-electron chi connectivity index (χ3n) is 6.72. The molecule has 0 saturated heterocycles. The Morgan fingerprint density at radius 1 is 1.00 bits per heavy atom. The number of carboxylic acids is 1. The second-order valence-electron chi connectivity index (χ2n) is 9.70. The van der Waals surface area contributed by atoms with E-state index in [1.54, 1.807) is 20.2 Å². The lowest BCUT2D eigenvalue weighted by atomic mass is 10.1. The van der Waals surface area contributed by atoms with Crippen LogP contribution in [0.5, 0.6) is 17.2 Å². The number of nitrogens with zero attached hydrogens (tertiary/aromatic N) is 2. The van der Waals surface area contributed by atoms with Crippen molar-refractivity contribution >= 4 is 66.9 Å². The number of Topliss-reactive ketones (excluding diaryl/α,β-unsaturated/α-hetero) is 1. The molecule has 0 fully saturated rings. The molecule has 0 spiro atoms. The Labute approximate surface area is 267 Å². The molecule has 0 unspecified atom stereocenters. The maximum Gasteiger partial charge on any atom is 0.303 e. The summed E-state index contributed by atoms with van der Waals surface area (Å²) < 4.78 is 33.4. The summed E-state index contributed by atoms with van der Waals surface area (Å²) in [6.45, 7) is 0.554. The number of carbonyl (C=O) groups excluding carboxylic acids is 3. The van der Waals surface area contributed by atoms with Gasteiger partial charge in [0, 0.05) is 44.3 Å². The van der Waals surface area contributed by atoms with Crippen LogP contribution in [-0.2, 0) is 16.0 Å². The molecule has 2 aromatic carbocycles. The number of halogens is 1. The monoisotopic (exact) mass is 662 g/mol. The minimum Gasteiger partial charge on any atom is -0.496 e. The van der Waals surface area contributed by atoms with Gasteiger partial charge in [0.05, 0.1) is 36.8 Å². The maximum atomic E-state index is 15.4. The average molecular weight is 663 g/mol. The summed E-state index contributed by atoms with van der Waals surface area (Å²) in [4.78, 5) is 52.7. The second-order valence-corrected chi connectivity index (χ2v) is 11.8. The van der Waals surface area contributed by atoms with Crippen LogP contribution in [0.4, 0.5) is 4.39 Å². The lowest BCUT2D eigenvalue weighted by Crippen LogP contribution is -2.27. The van der Waals surface area contributed by atoms with Gasteiger partial charge in [0.15, 0.2) is 28.1 Å². The Morgan fingerprint density at radius 3 is 2.38 bits per heavy atom. The topological polar surface area (TPSA) is 153 Å². The molecule has 0 radical (unpaired) electrons. The number of aromatic nitrogens is 1. The van der Waals surface area contributed by atoms with Crippen LogP contribution in [0.25, 0.3) is 20.3 Å². The van der Waals surface area contributed by atoms with E-state index in [1.807, 2.05) is 18.2 Å². The molecule has 242 valence electrons. The highest BCUT2D eigenvalue weighted by Gasteiger charge is 2.22. The summed E-state index contributed by atoms with van der Waals surface area (Å²) in [7, 11) is 5.65. The van der Waals surface area contributed by atoms with Gasteiger partial charge in [-0.15, -0.1) is 22.7 Å². The lowest BCUT2D eigenvalue weighted by molar-refractivity contribution is -0.137. The number of thiazole rings is 1. The summed E-state index contributed by atoms with van der Waals surface area (Å²) in [5.41, 5.74) is 0.940. The first-order chi connectivity index (χ1) is 21.7. The van der Waals surface area contributed by atoms with Crippen LogP contribution >= 0.6 is 22.7 Å². The molecule has 0 aliphatic carbocycles. The van der Waals surface area contributed by atoms with E-state index in [1.165, 1.54) is 23.3 Å². The lowest BCUT2D eigenvalue weighted by Gasteiger charge is -2.13. The first-order valence-corrected chi connectivity index (χ1v) is 15.6. The zero-order valence-corrected chi connectivity index (χ0v) is 27.0. The molecule has 45 heavy (non-hydrogen) atoms. The van der Waals surface area contributed by atoms with Crippen molar-refractivity contribution < 1.29 is 48.0 Å². The number of hydrogen-bond donors (Lipinski definition) is 2. The van der Waals surface area contributed by atoms with Crippen molar-refractivity contribution in [3.05, 3.63) is 45.5 Å². The molecule has 2 N–H and O–H groups in total. The van der Waals surface area contributed by atoms with Crippen LogP contribution in [0, 0.1) is 5.82 Å². The summed E-state index contributed by atoms with van der Waals surface area (Å²) >= 11 is 2.35. The average Bonchev–Trinajstić information content (AvgIpc) is 3.67. The highest BCUT2D eigenvalue weighted by Crippen LogP contribution is 2.39. The number of amides is 1. The number of aliphatic hydroxyl groups is 1. The normalized spacial score (nSPS) is 10.7. The molecule has 2 aromatic heterocycles. The second kappa shape index (κ2) is 16.8. The summed E-state index contributed by atoms with van der Waals surface area (Å²) in [6, 6.07) is 7.32. The number of aliphatic hydroxyl groups excluding tert-OH is 1. The quantitative estimate of drug-likeness (QED) is 0.0908. The van der Waals surface area contributed by atoms with Crippen molar-refractivity contribution in [1.82, 2.24) is 9.88 Å². The first-order valence-electron chi connectivity index (χ1n) is 14.0. The SMILES string of the molecule is CO.COc1cc2sc(C(=O)N(C)CCC=O)cc2cc1CCCCOc1c(OC)cc2sc(C(=O)CCC(=O)O)nc2c1F. The molecule has 2 heterocycles. The van der Waals surface area contributed by atoms with Crippen LogP contribution in [0.15, 0.2) is 24.3 Å². The number of hydrogen-bond acceptors (Lipinski definition) is 11. The number of unbranched alkanes of at least 4 members (excludes halogenated alkanes) is 1. The Balaban J connectivity index is 0.00000271. The van der Waals surface area contributed by atoms with Gasteiger partial charge in [-0.2, -0.15) is 0 Å². The third kappa shape index (κ3) is 8.74. The van der Waals surface area contributed by atoms with Gasteiger partial charge in [-0.05, 0) is 48.4 Å². The molecule has 0 bridgehead atoms. The van der Waals surface area contributed by atoms with Gasteiger partial charge < -0.3 is 34.1 Å². The van der Waals surface area contributed by atoms with Crippen LogP contribution in [-0.4, -0.2) is 85.6 Å². The number of methoxy groups -OCH3 is 2. The van der Waals surface area contributed by atoms with Crippen molar-refractivity contribution in [2.24, 2.45) is 0 Å². The minimum atomic E-state index is -1.10. The molecule has 11 nitrogen and oxygen atoms in total. The van der Waals surface area contributed by atoms with E-state index >= 15 is 4.39 Å². The molecule has 0 atom stereocenters. The highest BCUT2D eigenvalue weighted by atomic mass is 32.1. The van der Waals surface area contributed by atoms with Gasteiger partial charge in [-0.25, -0.2) is 9.37 Å². The number of ketones is 1. The fourth-order valence-corrected chi connectivity index (χ4v) is 6.48. The molecule has 0 saturated carbocycles. The standard InChI is InChI=1S/C30H31FN2O8S2.CH4O/c1-33(10-6-11-34)30(38)24-14-18-13-17(20(39-2)15-22(18)42-24)7-4-5-12-41-28-21(40-3)16-23-27(26(28)31)32-29(43-23)19(35)8-9-25(36)37;1-2/h11,13-16H,4-10,12H2,1-3H3,(H,36,37);2H,1H3. The number of ether oxygens (including phenoxy) is 3. The number of fused-ring (bicyclic) bond motifs is 2. The summed E-state index contributed by atoms with van der Waals surface area (Å²) in [6.07, 6.45) is 2.48. The molecule has 4 rings (SSSR count).